The highest BCUT2D eigenvalue weighted by Gasteiger charge is 2.20. The normalized spacial score (nSPS) is 10.8. The first-order chi connectivity index (χ1) is 12.8. The second kappa shape index (κ2) is 7.35. The standard InChI is InChI=1S/C24H20BrN/c1-2-19-22(17-11-5-3-6-12-17)23(18-13-7-4-8-14-18)26-24(19)20-15-9-10-16-21(20)25/h3-16,26H,2H2,1H3. The van der Waals surface area contributed by atoms with Crippen LogP contribution in [0.3, 0.4) is 0 Å². The number of H-pyrrole nitrogens is 1. The fourth-order valence-electron chi connectivity index (χ4n) is 3.53. The van der Waals surface area contributed by atoms with Crippen LogP contribution >= 0.6 is 15.9 Å². The van der Waals surface area contributed by atoms with E-state index in [4.69, 9.17) is 0 Å². The molecule has 0 bridgehead atoms. The quantitative estimate of drug-likeness (QED) is 0.368. The predicted molar refractivity (Wildman–Crippen MR) is 114 cm³/mol. The minimum Gasteiger partial charge on any atom is -0.354 e. The van der Waals surface area contributed by atoms with E-state index < -0.39 is 0 Å². The zero-order valence-corrected chi connectivity index (χ0v) is 16.3. The van der Waals surface area contributed by atoms with E-state index in [1.165, 1.54) is 39.2 Å². The van der Waals surface area contributed by atoms with Crippen molar-refractivity contribution >= 4 is 15.9 Å². The number of aromatic nitrogens is 1. The Morgan fingerprint density at radius 3 is 1.88 bits per heavy atom. The minimum atomic E-state index is 0.963. The molecule has 26 heavy (non-hydrogen) atoms. The molecule has 3 aromatic carbocycles. The van der Waals surface area contributed by atoms with Crippen molar-refractivity contribution in [1.29, 1.82) is 0 Å². The first-order valence-electron chi connectivity index (χ1n) is 8.90. The Labute approximate surface area is 162 Å². The molecular formula is C24H20BrN. The third kappa shape index (κ3) is 3.02. The molecule has 128 valence electrons. The second-order valence-electron chi connectivity index (χ2n) is 6.29. The molecule has 1 nitrogen and oxygen atoms in total. The lowest BCUT2D eigenvalue weighted by atomic mass is 9.94. The number of aromatic amines is 1. The lowest BCUT2D eigenvalue weighted by Crippen LogP contribution is -1.88. The Morgan fingerprint density at radius 2 is 1.27 bits per heavy atom. The Morgan fingerprint density at radius 1 is 0.692 bits per heavy atom. The summed E-state index contributed by atoms with van der Waals surface area (Å²) in [5, 5.41) is 0. The van der Waals surface area contributed by atoms with E-state index in [0.717, 1.165) is 10.9 Å². The molecule has 0 unspecified atom stereocenters. The van der Waals surface area contributed by atoms with Gasteiger partial charge in [-0.1, -0.05) is 102 Å². The van der Waals surface area contributed by atoms with E-state index in [1.54, 1.807) is 0 Å². The topological polar surface area (TPSA) is 15.8 Å². The maximum absolute atomic E-state index is 3.74. The molecule has 0 radical (unpaired) electrons. The van der Waals surface area contributed by atoms with Crippen LogP contribution in [0.4, 0.5) is 0 Å². The highest BCUT2D eigenvalue weighted by atomic mass is 79.9. The first kappa shape index (κ1) is 16.9. The van der Waals surface area contributed by atoms with E-state index >= 15 is 0 Å². The first-order valence-corrected chi connectivity index (χ1v) is 9.69. The monoisotopic (exact) mass is 401 g/mol. The molecule has 0 aliphatic heterocycles. The van der Waals surface area contributed by atoms with Gasteiger partial charge in [0.15, 0.2) is 0 Å². The largest absolute Gasteiger partial charge is 0.354 e. The number of nitrogens with one attached hydrogen (secondary N) is 1. The van der Waals surface area contributed by atoms with Crippen LogP contribution < -0.4 is 0 Å². The molecule has 1 heterocycles. The molecule has 2 heteroatoms. The Hall–Kier alpha value is -2.58. The van der Waals surface area contributed by atoms with Crippen LogP contribution in [0.25, 0.3) is 33.6 Å². The van der Waals surface area contributed by atoms with Crippen LogP contribution in [0, 0.1) is 0 Å². The Bertz CT molecular complexity index is 1020. The van der Waals surface area contributed by atoms with Crippen molar-refractivity contribution in [2.45, 2.75) is 13.3 Å². The van der Waals surface area contributed by atoms with Gasteiger partial charge < -0.3 is 4.98 Å². The molecule has 0 aliphatic rings. The van der Waals surface area contributed by atoms with Gasteiger partial charge in [0.2, 0.25) is 0 Å². The van der Waals surface area contributed by atoms with E-state index in [0.29, 0.717) is 0 Å². The van der Waals surface area contributed by atoms with Crippen molar-refractivity contribution < 1.29 is 0 Å². The summed E-state index contributed by atoms with van der Waals surface area (Å²) in [6.45, 7) is 2.23. The van der Waals surface area contributed by atoms with Crippen molar-refractivity contribution in [3.8, 4) is 33.6 Å². The van der Waals surface area contributed by atoms with Crippen LogP contribution in [0.1, 0.15) is 12.5 Å². The van der Waals surface area contributed by atoms with Gasteiger partial charge in [0, 0.05) is 15.6 Å². The molecule has 0 amide bonds. The number of rotatable bonds is 4. The van der Waals surface area contributed by atoms with E-state index in [1.807, 2.05) is 0 Å². The molecule has 1 aromatic heterocycles. The van der Waals surface area contributed by atoms with E-state index in [9.17, 15) is 0 Å². The van der Waals surface area contributed by atoms with Crippen LogP contribution in [-0.4, -0.2) is 4.98 Å². The van der Waals surface area contributed by atoms with Crippen molar-refractivity contribution in [2.24, 2.45) is 0 Å². The van der Waals surface area contributed by atoms with E-state index in [-0.39, 0.29) is 0 Å². The van der Waals surface area contributed by atoms with Gasteiger partial charge in [0.1, 0.15) is 0 Å². The van der Waals surface area contributed by atoms with E-state index in [2.05, 4.69) is 113 Å². The van der Waals surface area contributed by atoms with Crippen LogP contribution in [-0.2, 0) is 6.42 Å². The van der Waals surface area contributed by atoms with Gasteiger partial charge in [0.05, 0.1) is 11.4 Å². The average Bonchev–Trinajstić information content (AvgIpc) is 3.09. The summed E-state index contributed by atoms with van der Waals surface area (Å²) in [5.41, 5.74) is 8.67. The molecule has 0 saturated heterocycles. The van der Waals surface area contributed by atoms with Crippen molar-refractivity contribution in [1.82, 2.24) is 4.98 Å². The minimum absolute atomic E-state index is 0.963. The molecule has 0 fully saturated rings. The van der Waals surface area contributed by atoms with Gasteiger partial charge >= 0.3 is 0 Å². The number of halogens is 1. The third-order valence-corrected chi connectivity index (χ3v) is 5.42. The molecule has 4 rings (SSSR count). The second-order valence-corrected chi connectivity index (χ2v) is 7.15. The molecule has 0 saturated carbocycles. The average molecular weight is 402 g/mol. The van der Waals surface area contributed by atoms with Gasteiger partial charge in [-0.2, -0.15) is 0 Å². The smallest absolute Gasteiger partial charge is 0.0541 e. The third-order valence-electron chi connectivity index (χ3n) is 4.73. The highest BCUT2D eigenvalue weighted by Crippen LogP contribution is 2.42. The fraction of sp³-hybridized carbons (Fsp3) is 0.0833. The van der Waals surface area contributed by atoms with Crippen molar-refractivity contribution in [2.75, 3.05) is 0 Å². The SMILES string of the molecule is CCc1c(-c2ccccc2Br)[nH]c(-c2ccccc2)c1-c1ccccc1. The lowest BCUT2D eigenvalue weighted by Gasteiger charge is -2.08. The summed E-state index contributed by atoms with van der Waals surface area (Å²) in [6.07, 6.45) is 0.963. The lowest BCUT2D eigenvalue weighted by molar-refractivity contribution is 1.15. The predicted octanol–water partition coefficient (Wildman–Crippen LogP) is 7.34. The molecule has 1 N–H and O–H groups in total. The summed E-state index contributed by atoms with van der Waals surface area (Å²) in [5.74, 6) is 0. The summed E-state index contributed by atoms with van der Waals surface area (Å²) < 4.78 is 1.11. The number of benzene rings is 3. The summed E-state index contributed by atoms with van der Waals surface area (Å²) in [6, 6.07) is 29.7. The highest BCUT2D eigenvalue weighted by molar-refractivity contribution is 9.10. The van der Waals surface area contributed by atoms with Gasteiger partial charge in [-0.05, 0) is 29.2 Å². The summed E-state index contributed by atoms with van der Waals surface area (Å²) >= 11 is 3.72. The molecule has 0 aliphatic carbocycles. The maximum Gasteiger partial charge on any atom is 0.0541 e. The van der Waals surface area contributed by atoms with Gasteiger partial charge in [0.25, 0.3) is 0 Å². The molecule has 0 atom stereocenters. The van der Waals surface area contributed by atoms with Gasteiger partial charge in [-0.15, -0.1) is 0 Å². The Kier molecular flexibility index (Phi) is 4.77. The molecule has 4 aromatic rings. The van der Waals surface area contributed by atoms with Crippen LogP contribution in [0.2, 0.25) is 0 Å². The van der Waals surface area contributed by atoms with Gasteiger partial charge in [-0.25, -0.2) is 0 Å². The summed E-state index contributed by atoms with van der Waals surface area (Å²) in [4.78, 5) is 3.74. The van der Waals surface area contributed by atoms with Gasteiger partial charge in [-0.3, -0.25) is 0 Å². The summed E-state index contributed by atoms with van der Waals surface area (Å²) in [7, 11) is 0. The fourth-order valence-corrected chi connectivity index (χ4v) is 4.01. The zero-order chi connectivity index (χ0) is 17.9. The van der Waals surface area contributed by atoms with Crippen LogP contribution in [0.5, 0.6) is 0 Å². The number of hydrogen-bond acceptors (Lipinski definition) is 0. The van der Waals surface area contributed by atoms with Crippen LogP contribution in [0.15, 0.2) is 89.4 Å². The maximum atomic E-state index is 3.74. The molecule has 0 spiro atoms. The Balaban J connectivity index is 2.04. The van der Waals surface area contributed by atoms with Crippen molar-refractivity contribution in [3.05, 3.63) is 95.0 Å². The molecular weight excluding hydrogens is 382 g/mol. The zero-order valence-electron chi connectivity index (χ0n) is 14.7. The van der Waals surface area contributed by atoms with Crippen molar-refractivity contribution in [3.63, 3.8) is 0 Å². The number of hydrogen-bond donors (Lipinski definition) is 1.